The molecule has 0 amide bonds. The zero-order valence-corrected chi connectivity index (χ0v) is 11.1. The molecule has 0 saturated carbocycles. The number of hydrogen-bond acceptors (Lipinski definition) is 7. The van der Waals surface area contributed by atoms with Crippen LogP contribution in [0.3, 0.4) is 0 Å². The van der Waals surface area contributed by atoms with Crippen molar-refractivity contribution >= 4 is 11.8 Å². The average Bonchev–Trinajstić information content (AvgIpc) is 2.90. The Morgan fingerprint density at radius 3 is 3.00 bits per heavy atom. The monoisotopic (exact) mass is 276 g/mol. The fourth-order valence-corrected chi connectivity index (χ4v) is 1.75. The summed E-state index contributed by atoms with van der Waals surface area (Å²) in [6, 6.07) is 3.83. The van der Waals surface area contributed by atoms with Crippen LogP contribution in [0, 0.1) is 0 Å². The number of nitrogens with zero attached hydrogens (tertiary/aromatic N) is 7. The highest BCUT2D eigenvalue weighted by Crippen LogP contribution is 2.12. The smallest absolute Gasteiger partial charge is 0.245 e. The van der Waals surface area contributed by atoms with Crippen LogP contribution in [0.5, 0.6) is 0 Å². The molecule has 0 aliphatic rings. The first-order chi connectivity index (χ1) is 9.70. The van der Waals surface area contributed by atoms with Crippen molar-refractivity contribution < 1.29 is 5.21 Å². The van der Waals surface area contributed by atoms with Gasteiger partial charge in [0.25, 0.3) is 0 Å². The molecule has 2 aromatic rings. The molecule has 0 aromatic carbocycles. The van der Waals surface area contributed by atoms with Crippen LogP contribution in [0.4, 0.5) is 5.95 Å². The van der Waals surface area contributed by atoms with Crippen LogP contribution in [0.1, 0.15) is 12.0 Å². The number of amidine groups is 1. The first-order valence-electron chi connectivity index (χ1n) is 6.03. The second-order valence-electron chi connectivity index (χ2n) is 4.23. The number of tetrazole rings is 1. The van der Waals surface area contributed by atoms with Crippen LogP contribution < -0.4 is 10.6 Å². The van der Waals surface area contributed by atoms with E-state index in [0.29, 0.717) is 25.5 Å². The molecular formula is C11H16N8O. The molecule has 0 unspecified atom stereocenters. The summed E-state index contributed by atoms with van der Waals surface area (Å²) in [5.74, 6) is 0.774. The van der Waals surface area contributed by atoms with E-state index < -0.39 is 0 Å². The number of aromatic nitrogens is 5. The average molecular weight is 276 g/mol. The van der Waals surface area contributed by atoms with E-state index in [-0.39, 0.29) is 5.84 Å². The Morgan fingerprint density at radius 1 is 1.55 bits per heavy atom. The third-order valence-corrected chi connectivity index (χ3v) is 2.74. The Balaban J connectivity index is 2.14. The Hall–Kier alpha value is -2.71. The maximum absolute atomic E-state index is 8.61. The van der Waals surface area contributed by atoms with E-state index in [0.717, 1.165) is 5.56 Å². The Kier molecular flexibility index (Phi) is 4.43. The quantitative estimate of drug-likeness (QED) is 0.323. The SMILES string of the molecule is Cn1nnnc1N(CCC(N)=NO)Cc1cccnc1. The van der Waals surface area contributed by atoms with E-state index >= 15 is 0 Å². The summed E-state index contributed by atoms with van der Waals surface area (Å²) < 4.78 is 1.57. The van der Waals surface area contributed by atoms with Crippen molar-refractivity contribution in [1.82, 2.24) is 25.2 Å². The molecule has 3 N–H and O–H groups in total. The summed E-state index contributed by atoms with van der Waals surface area (Å²) in [6.07, 6.45) is 3.90. The molecule has 106 valence electrons. The lowest BCUT2D eigenvalue weighted by Crippen LogP contribution is -2.30. The summed E-state index contributed by atoms with van der Waals surface area (Å²) in [5, 5.41) is 23.0. The van der Waals surface area contributed by atoms with Crippen LogP contribution in [-0.2, 0) is 13.6 Å². The number of anilines is 1. The molecule has 0 aliphatic heterocycles. The minimum absolute atomic E-state index is 0.163. The highest BCUT2D eigenvalue weighted by atomic mass is 16.4. The Labute approximate surface area is 115 Å². The summed E-state index contributed by atoms with van der Waals surface area (Å²) in [7, 11) is 1.76. The molecule has 9 heteroatoms. The maximum Gasteiger partial charge on any atom is 0.245 e. The number of hydrogen-bond donors (Lipinski definition) is 2. The largest absolute Gasteiger partial charge is 0.409 e. The second kappa shape index (κ2) is 6.45. The van der Waals surface area contributed by atoms with Gasteiger partial charge in [0.05, 0.1) is 0 Å². The lowest BCUT2D eigenvalue weighted by atomic mass is 10.2. The van der Waals surface area contributed by atoms with Crippen LogP contribution in [0.2, 0.25) is 0 Å². The van der Waals surface area contributed by atoms with Crippen LogP contribution in [-0.4, -0.2) is 42.8 Å². The van der Waals surface area contributed by atoms with Crippen molar-refractivity contribution in [2.24, 2.45) is 17.9 Å². The third kappa shape index (κ3) is 3.40. The molecule has 0 radical (unpaired) electrons. The van der Waals surface area contributed by atoms with Crippen LogP contribution >= 0.6 is 0 Å². The van der Waals surface area contributed by atoms with Crippen molar-refractivity contribution in [3.8, 4) is 0 Å². The van der Waals surface area contributed by atoms with E-state index in [2.05, 4.69) is 25.7 Å². The van der Waals surface area contributed by atoms with Crippen molar-refractivity contribution in [3.05, 3.63) is 30.1 Å². The van der Waals surface area contributed by atoms with Crippen molar-refractivity contribution in [3.63, 3.8) is 0 Å². The topological polar surface area (TPSA) is 118 Å². The van der Waals surface area contributed by atoms with E-state index in [4.69, 9.17) is 10.9 Å². The van der Waals surface area contributed by atoms with Crippen molar-refractivity contribution in [1.29, 1.82) is 0 Å². The van der Waals surface area contributed by atoms with Gasteiger partial charge in [-0.2, -0.15) is 0 Å². The fraction of sp³-hybridized carbons (Fsp3) is 0.364. The van der Waals surface area contributed by atoms with Gasteiger partial charge in [0.2, 0.25) is 5.95 Å². The normalized spacial score (nSPS) is 11.6. The Bertz CT molecular complexity index is 567. The highest BCUT2D eigenvalue weighted by Gasteiger charge is 2.14. The molecule has 2 heterocycles. The minimum Gasteiger partial charge on any atom is -0.409 e. The number of oxime groups is 1. The zero-order chi connectivity index (χ0) is 14.4. The van der Waals surface area contributed by atoms with Gasteiger partial charge in [-0.3, -0.25) is 4.98 Å². The van der Waals surface area contributed by atoms with Gasteiger partial charge in [0.1, 0.15) is 5.84 Å². The molecule has 0 aliphatic carbocycles. The first kappa shape index (κ1) is 13.7. The number of aryl methyl sites for hydroxylation is 1. The van der Waals surface area contributed by atoms with E-state index in [9.17, 15) is 0 Å². The second-order valence-corrected chi connectivity index (χ2v) is 4.23. The maximum atomic E-state index is 8.61. The minimum atomic E-state index is 0.163. The molecule has 20 heavy (non-hydrogen) atoms. The molecular weight excluding hydrogens is 260 g/mol. The third-order valence-electron chi connectivity index (χ3n) is 2.74. The van der Waals surface area contributed by atoms with Gasteiger partial charge in [-0.1, -0.05) is 16.3 Å². The summed E-state index contributed by atoms with van der Waals surface area (Å²) in [4.78, 5) is 6.02. The summed E-state index contributed by atoms with van der Waals surface area (Å²) in [6.45, 7) is 1.11. The van der Waals surface area contributed by atoms with Crippen LogP contribution in [0.15, 0.2) is 29.7 Å². The zero-order valence-electron chi connectivity index (χ0n) is 11.1. The molecule has 0 spiro atoms. The number of nitrogens with two attached hydrogens (primary N) is 1. The van der Waals surface area contributed by atoms with Gasteiger partial charge >= 0.3 is 0 Å². The summed E-state index contributed by atoms with van der Waals surface area (Å²) >= 11 is 0. The van der Waals surface area contributed by atoms with Crippen molar-refractivity contribution in [2.75, 3.05) is 11.4 Å². The van der Waals surface area contributed by atoms with Gasteiger partial charge < -0.3 is 15.8 Å². The molecule has 2 aromatic heterocycles. The first-order valence-corrected chi connectivity index (χ1v) is 6.03. The highest BCUT2D eigenvalue weighted by molar-refractivity contribution is 5.80. The standard InChI is InChI=1S/C11H16N8O/c1-18-11(14-16-17-18)19(6-4-10(12)15-20)8-9-3-2-5-13-7-9/h2-3,5,7,20H,4,6,8H2,1H3,(H2,12,15). The van der Waals surface area contributed by atoms with E-state index in [1.54, 1.807) is 24.1 Å². The molecule has 0 bridgehead atoms. The fourth-order valence-electron chi connectivity index (χ4n) is 1.75. The molecule has 2 rings (SSSR count). The van der Waals surface area contributed by atoms with Gasteiger partial charge in [0, 0.05) is 39.0 Å². The molecule has 0 fully saturated rings. The molecule has 9 nitrogen and oxygen atoms in total. The van der Waals surface area contributed by atoms with Crippen LogP contribution in [0.25, 0.3) is 0 Å². The van der Waals surface area contributed by atoms with Gasteiger partial charge in [-0.05, 0) is 22.1 Å². The lowest BCUT2D eigenvalue weighted by molar-refractivity contribution is 0.317. The lowest BCUT2D eigenvalue weighted by Gasteiger charge is -2.21. The molecule has 0 saturated heterocycles. The summed E-state index contributed by atoms with van der Waals surface area (Å²) in [5.41, 5.74) is 6.53. The predicted molar refractivity (Wildman–Crippen MR) is 72.1 cm³/mol. The predicted octanol–water partition coefficient (Wildman–Crippen LogP) is -0.252. The van der Waals surface area contributed by atoms with Gasteiger partial charge in [-0.25, -0.2) is 4.68 Å². The van der Waals surface area contributed by atoms with Gasteiger partial charge in [0.15, 0.2) is 0 Å². The van der Waals surface area contributed by atoms with Crippen molar-refractivity contribution in [2.45, 2.75) is 13.0 Å². The van der Waals surface area contributed by atoms with E-state index in [1.807, 2.05) is 17.0 Å². The number of pyridine rings is 1. The Morgan fingerprint density at radius 2 is 2.40 bits per heavy atom. The van der Waals surface area contributed by atoms with Gasteiger partial charge in [-0.15, -0.1) is 0 Å². The van der Waals surface area contributed by atoms with E-state index in [1.165, 1.54) is 0 Å². The molecule has 0 atom stereocenters. The number of rotatable bonds is 6.